The molecule has 1 aromatic carbocycles. The molecule has 1 rings (SSSR count). The summed E-state index contributed by atoms with van der Waals surface area (Å²) in [4.78, 5) is 22.4. The molecule has 0 fully saturated rings. The van der Waals surface area contributed by atoms with Gasteiger partial charge in [0.05, 0.1) is 5.92 Å². The molecule has 2 amide bonds. The number of primary amides is 2. The number of carbonyl (C=O) groups excluding carboxylic acids is 2. The van der Waals surface area contributed by atoms with Crippen molar-refractivity contribution < 1.29 is 9.59 Å². The van der Waals surface area contributed by atoms with Gasteiger partial charge in [-0.3, -0.25) is 9.59 Å². The first-order valence-corrected chi connectivity index (χ1v) is 6.10. The van der Waals surface area contributed by atoms with Crippen LogP contribution < -0.4 is 11.5 Å². The number of rotatable bonds is 6. The van der Waals surface area contributed by atoms with E-state index >= 15 is 0 Å². The van der Waals surface area contributed by atoms with Gasteiger partial charge in [-0.2, -0.15) is 0 Å². The van der Waals surface area contributed by atoms with Gasteiger partial charge >= 0.3 is 0 Å². The van der Waals surface area contributed by atoms with Crippen LogP contribution in [-0.4, -0.2) is 11.8 Å². The van der Waals surface area contributed by atoms with Gasteiger partial charge < -0.3 is 11.5 Å². The average Bonchev–Trinajstić information content (AvgIpc) is 2.28. The Balaban J connectivity index is 3.05. The summed E-state index contributed by atoms with van der Waals surface area (Å²) in [5.41, 5.74) is 12.6. The van der Waals surface area contributed by atoms with Crippen LogP contribution in [0.5, 0.6) is 0 Å². The second-order valence-electron chi connectivity index (χ2n) is 4.74. The summed E-state index contributed by atoms with van der Waals surface area (Å²) in [6.07, 6.45) is 0.536. The van der Waals surface area contributed by atoms with E-state index in [9.17, 15) is 9.59 Å². The molecule has 0 saturated heterocycles. The first-order chi connectivity index (χ1) is 8.43. The molecular formula is C14H20N2O2. The SMILES string of the molecule is CC(C)c1ccccc1C(CCC(N)=O)C(N)=O. The number of benzene rings is 1. The van der Waals surface area contributed by atoms with Gasteiger partial charge in [-0.05, 0) is 23.5 Å². The lowest BCUT2D eigenvalue weighted by molar-refractivity contribution is -0.120. The van der Waals surface area contributed by atoms with Crippen LogP contribution >= 0.6 is 0 Å². The Bertz CT molecular complexity index is 441. The van der Waals surface area contributed by atoms with Crippen molar-refractivity contribution in [1.82, 2.24) is 0 Å². The highest BCUT2D eigenvalue weighted by atomic mass is 16.1. The zero-order chi connectivity index (χ0) is 13.7. The molecule has 1 atom stereocenters. The van der Waals surface area contributed by atoms with Crippen LogP contribution in [0.3, 0.4) is 0 Å². The largest absolute Gasteiger partial charge is 0.370 e. The fraction of sp³-hybridized carbons (Fsp3) is 0.429. The minimum absolute atomic E-state index is 0.167. The van der Waals surface area contributed by atoms with E-state index in [-0.39, 0.29) is 6.42 Å². The van der Waals surface area contributed by atoms with Gasteiger partial charge in [0.2, 0.25) is 11.8 Å². The second kappa shape index (κ2) is 6.19. The number of hydrogen-bond acceptors (Lipinski definition) is 2. The van der Waals surface area contributed by atoms with E-state index in [4.69, 9.17) is 11.5 Å². The summed E-state index contributed by atoms with van der Waals surface area (Å²) in [6.45, 7) is 4.12. The summed E-state index contributed by atoms with van der Waals surface area (Å²) in [5, 5.41) is 0. The molecule has 0 aliphatic rings. The zero-order valence-corrected chi connectivity index (χ0v) is 10.8. The van der Waals surface area contributed by atoms with Crippen LogP contribution in [0.15, 0.2) is 24.3 Å². The van der Waals surface area contributed by atoms with E-state index in [2.05, 4.69) is 13.8 Å². The average molecular weight is 248 g/mol. The van der Waals surface area contributed by atoms with E-state index in [0.717, 1.165) is 11.1 Å². The molecule has 0 heterocycles. The Hall–Kier alpha value is -1.84. The standard InChI is InChI=1S/C14H20N2O2/c1-9(2)10-5-3-4-6-11(10)12(14(16)18)7-8-13(15)17/h3-6,9,12H,7-8H2,1-2H3,(H2,15,17)(H2,16,18). The molecule has 0 spiro atoms. The summed E-state index contributed by atoms with van der Waals surface area (Å²) in [5.74, 6) is -0.972. The van der Waals surface area contributed by atoms with Gasteiger partial charge in [0.1, 0.15) is 0 Å². The highest BCUT2D eigenvalue weighted by Gasteiger charge is 2.22. The lowest BCUT2D eigenvalue weighted by atomic mass is 9.86. The number of nitrogens with two attached hydrogens (primary N) is 2. The molecule has 4 nitrogen and oxygen atoms in total. The highest BCUT2D eigenvalue weighted by molar-refractivity contribution is 5.83. The second-order valence-corrected chi connectivity index (χ2v) is 4.74. The molecule has 0 aliphatic carbocycles. The third kappa shape index (κ3) is 3.58. The van der Waals surface area contributed by atoms with Gasteiger partial charge in [0.15, 0.2) is 0 Å². The first-order valence-electron chi connectivity index (χ1n) is 6.10. The van der Waals surface area contributed by atoms with Crippen molar-refractivity contribution in [3.8, 4) is 0 Å². The van der Waals surface area contributed by atoms with Crippen LogP contribution in [0.25, 0.3) is 0 Å². The Morgan fingerprint density at radius 2 is 1.67 bits per heavy atom. The fourth-order valence-electron chi connectivity index (χ4n) is 2.09. The Kier molecular flexibility index (Phi) is 4.89. The lowest BCUT2D eigenvalue weighted by Crippen LogP contribution is -2.24. The molecule has 1 aromatic rings. The van der Waals surface area contributed by atoms with Crippen molar-refractivity contribution >= 4 is 11.8 Å². The molecule has 0 saturated carbocycles. The predicted molar refractivity (Wildman–Crippen MR) is 70.9 cm³/mol. The Labute approximate surface area is 107 Å². The van der Waals surface area contributed by atoms with Gasteiger partial charge in [-0.1, -0.05) is 38.1 Å². The maximum absolute atomic E-state index is 11.6. The van der Waals surface area contributed by atoms with Crippen molar-refractivity contribution in [3.63, 3.8) is 0 Å². The summed E-state index contributed by atoms with van der Waals surface area (Å²) in [6, 6.07) is 7.69. The van der Waals surface area contributed by atoms with E-state index in [1.54, 1.807) is 0 Å². The molecule has 0 aromatic heterocycles. The summed E-state index contributed by atoms with van der Waals surface area (Å²) >= 11 is 0. The molecular weight excluding hydrogens is 228 g/mol. The molecule has 98 valence electrons. The summed E-state index contributed by atoms with van der Waals surface area (Å²) in [7, 11) is 0. The van der Waals surface area contributed by atoms with Crippen LogP contribution in [-0.2, 0) is 9.59 Å². The van der Waals surface area contributed by atoms with Crippen LogP contribution in [0.2, 0.25) is 0 Å². The van der Waals surface area contributed by atoms with Crippen LogP contribution in [0.1, 0.15) is 49.7 Å². The number of amides is 2. The van der Waals surface area contributed by atoms with Gasteiger partial charge in [-0.25, -0.2) is 0 Å². The fourth-order valence-corrected chi connectivity index (χ4v) is 2.09. The van der Waals surface area contributed by atoms with Crippen LogP contribution in [0.4, 0.5) is 0 Å². The first kappa shape index (κ1) is 14.2. The van der Waals surface area contributed by atoms with Gasteiger partial charge in [0.25, 0.3) is 0 Å². The van der Waals surface area contributed by atoms with Crippen molar-refractivity contribution in [1.29, 1.82) is 0 Å². The van der Waals surface area contributed by atoms with Gasteiger partial charge in [0, 0.05) is 6.42 Å². The molecule has 0 bridgehead atoms. The van der Waals surface area contributed by atoms with Crippen molar-refractivity contribution in [2.75, 3.05) is 0 Å². The topological polar surface area (TPSA) is 86.2 Å². The molecule has 4 N–H and O–H groups in total. The minimum Gasteiger partial charge on any atom is -0.370 e. The Morgan fingerprint density at radius 1 is 1.11 bits per heavy atom. The van der Waals surface area contributed by atoms with Crippen molar-refractivity contribution in [2.45, 2.75) is 38.5 Å². The number of carbonyl (C=O) groups is 2. The maximum Gasteiger partial charge on any atom is 0.224 e. The monoisotopic (exact) mass is 248 g/mol. The zero-order valence-electron chi connectivity index (χ0n) is 10.8. The van der Waals surface area contributed by atoms with Gasteiger partial charge in [-0.15, -0.1) is 0 Å². The van der Waals surface area contributed by atoms with E-state index in [0.29, 0.717) is 12.3 Å². The van der Waals surface area contributed by atoms with E-state index < -0.39 is 17.7 Å². The molecule has 0 radical (unpaired) electrons. The Morgan fingerprint density at radius 3 is 2.11 bits per heavy atom. The quantitative estimate of drug-likeness (QED) is 0.801. The molecule has 4 heteroatoms. The molecule has 18 heavy (non-hydrogen) atoms. The maximum atomic E-state index is 11.6. The highest BCUT2D eigenvalue weighted by Crippen LogP contribution is 2.29. The molecule has 0 aliphatic heterocycles. The van der Waals surface area contributed by atoms with Crippen molar-refractivity contribution in [3.05, 3.63) is 35.4 Å². The lowest BCUT2D eigenvalue weighted by Gasteiger charge is -2.19. The third-order valence-electron chi connectivity index (χ3n) is 3.02. The number of hydrogen-bond donors (Lipinski definition) is 2. The smallest absolute Gasteiger partial charge is 0.224 e. The predicted octanol–water partition coefficient (Wildman–Crippen LogP) is 1.64. The van der Waals surface area contributed by atoms with Crippen molar-refractivity contribution in [2.24, 2.45) is 11.5 Å². The van der Waals surface area contributed by atoms with E-state index in [1.807, 2.05) is 24.3 Å². The third-order valence-corrected chi connectivity index (χ3v) is 3.02. The minimum atomic E-state index is -0.448. The molecule has 1 unspecified atom stereocenters. The summed E-state index contributed by atoms with van der Waals surface area (Å²) < 4.78 is 0. The van der Waals surface area contributed by atoms with E-state index in [1.165, 1.54) is 0 Å². The normalized spacial score (nSPS) is 12.4. The van der Waals surface area contributed by atoms with Crippen LogP contribution in [0, 0.1) is 0 Å².